The highest BCUT2D eigenvalue weighted by molar-refractivity contribution is 7.91. The Balaban J connectivity index is 1.31. The van der Waals surface area contributed by atoms with Crippen molar-refractivity contribution in [2.24, 2.45) is 13.0 Å². The molecule has 2 aliphatic rings. The first kappa shape index (κ1) is 29.7. The number of thiazole rings is 1. The van der Waals surface area contributed by atoms with Crippen LogP contribution in [-0.2, 0) is 32.8 Å². The van der Waals surface area contributed by atoms with Crippen LogP contribution in [0, 0.1) is 5.92 Å². The highest BCUT2D eigenvalue weighted by atomic mass is 32.2. The molecule has 41 heavy (non-hydrogen) atoms. The highest BCUT2D eigenvalue weighted by Crippen LogP contribution is 2.36. The van der Waals surface area contributed by atoms with Gasteiger partial charge < -0.3 is 10.2 Å². The van der Waals surface area contributed by atoms with E-state index in [2.05, 4.69) is 15.4 Å². The van der Waals surface area contributed by atoms with Gasteiger partial charge in [0.25, 0.3) is 10.0 Å². The first-order valence-corrected chi connectivity index (χ1v) is 16.3. The normalized spacial score (nSPS) is 18.5. The molecular weight excluding hydrogens is 602 g/mol. The largest absolute Gasteiger partial charge is 0.433 e. The maximum absolute atomic E-state index is 13.4. The molecule has 1 saturated heterocycles. The number of rotatable bonds is 8. The second-order valence-electron chi connectivity index (χ2n) is 10.2. The van der Waals surface area contributed by atoms with Crippen LogP contribution in [0.25, 0.3) is 10.6 Å². The number of piperazine rings is 1. The number of amides is 2. The molecule has 222 valence electrons. The summed E-state index contributed by atoms with van der Waals surface area (Å²) in [6.07, 6.45) is 2.72. The molecule has 10 nitrogen and oxygen atoms in total. The van der Waals surface area contributed by atoms with Gasteiger partial charge in [0.05, 0.1) is 11.4 Å². The minimum atomic E-state index is -4.60. The van der Waals surface area contributed by atoms with Crippen molar-refractivity contribution in [2.75, 3.05) is 25.0 Å². The van der Waals surface area contributed by atoms with Crippen LogP contribution < -0.4 is 5.32 Å². The Labute approximate surface area is 243 Å². The maximum atomic E-state index is 13.4. The molecule has 3 aromatic heterocycles. The lowest BCUT2D eigenvalue weighted by atomic mass is 9.84. The van der Waals surface area contributed by atoms with Gasteiger partial charge in [0.2, 0.25) is 11.8 Å². The van der Waals surface area contributed by atoms with Gasteiger partial charge >= 0.3 is 6.18 Å². The number of halogens is 3. The number of aromatic nitrogens is 3. The molecule has 0 spiro atoms. The van der Waals surface area contributed by atoms with Crippen molar-refractivity contribution >= 4 is 49.6 Å². The second kappa shape index (κ2) is 11.8. The Kier molecular flexibility index (Phi) is 8.55. The second-order valence-corrected chi connectivity index (χ2v) is 14.3. The Hall–Kier alpha value is -2.82. The summed E-state index contributed by atoms with van der Waals surface area (Å²) < 4.78 is 68.1. The summed E-state index contributed by atoms with van der Waals surface area (Å²) in [5, 5.41) is 8.85. The molecule has 0 aromatic carbocycles. The van der Waals surface area contributed by atoms with Crippen LogP contribution in [0.3, 0.4) is 0 Å². The predicted octanol–water partition coefficient (Wildman–Crippen LogP) is 4.43. The van der Waals surface area contributed by atoms with Gasteiger partial charge in [-0.15, -0.1) is 22.7 Å². The number of nitrogens with zero attached hydrogens (tertiary/aromatic N) is 5. The lowest BCUT2D eigenvalue weighted by Gasteiger charge is -2.39. The third-order valence-electron chi connectivity index (χ3n) is 7.44. The molecule has 4 heterocycles. The molecule has 16 heteroatoms. The minimum Gasteiger partial charge on any atom is -0.328 e. The SMILES string of the molecule is Cn1nc(-c2ccc(S(=O)(=O)N3CCN(C(CC4CCCCC4)C(=O)Nc4nccs4)C(=O)C3)s2)cc1C(F)(F)F. The molecule has 2 amide bonds. The maximum Gasteiger partial charge on any atom is 0.433 e. The monoisotopic (exact) mass is 630 g/mol. The summed E-state index contributed by atoms with van der Waals surface area (Å²) in [6, 6.07) is 2.83. The molecule has 3 aromatic rings. The van der Waals surface area contributed by atoms with Crippen molar-refractivity contribution in [3.8, 4) is 10.6 Å². The summed E-state index contributed by atoms with van der Waals surface area (Å²) in [7, 11) is -2.94. The highest BCUT2D eigenvalue weighted by Gasteiger charge is 2.40. The Bertz CT molecular complexity index is 1500. The van der Waals surface area contributed by atoms with E-state index < -0.39 is 40.4 Å². The van der Waals surface area contributed by atoms with Crippen molar-refractivity contribution < 1.29 is 31.2 Å². The van der Waals surface area contributed by atoms with Crippen molar-refractivity contribution in [2.45, 2.75) is 55.0 Å². The molecule has 1 saturated carbocycles. The average molecular weight is 631 g/mol. The van der Waals surface area contributed by atoms with E-state index in [0.717, 1.165) is 53.8 Å². The van der Waals surface area contributed by atoms with E-state index in [1.54, 1.807) is 11.6 Å². The van der Waals surface area contributed by atoms with Crippen LogP contribution in [0.4, 0.5) is 18.3 Å². The summed E-state index contributed by atoms with van der Waals surface area (Å²) in [5.74, 6) is -0.530. The van der Waals surface area contributed by atoms with E-state index in [4.69, 9.17) is 0 Å². The lowest BCUT2D eigenvalue weighted by Crippen LogP contribution is -2.58. The zero-order chi connectivity index (χ0) is 29.4. The Morgan fingerprint density at radius 3 is 2.59 bits per heavy atom. The zero-order valence-corrected chi connectivity index (χ0v) is 24.6. The van der Waals surface area contributed by atoms with Gasteiger partial charge in [-0.3, -0.25) is 14.3 Å². The number of hydrogen-bond acceptors (Lipinski definition) is 8. The van der Waals surface area contributed by atoms with Gasteiger partial charge in [-0.25, -0.2) is 13.4 Å². The summed E-state index contributed by atoms with van der Waals surface area (Å²) >= 11 is 2.06. The molecule has 1 atom stereocenters. The minimum absolute atomic E-state index is 0.00367. The number of aryl methyl sites for hydroxylation is 1. The van der Waals surface area contributed by atoms with Gasteiger partial charge in [0.15, 0.2) is 5.13 Å². The van der Waals surface area contributed by atoms with E-state index in [1.165, 1.54) is 35.4 Å². The molecular formula is C25H29F3N6O4S3. The van der Waals surface area contributed by atoms with E-state index in [1.807, 2.05) is 0 Å². The number of nitrogens with one attached hydrogen (secondary N) is 1. The standard InChI is InChI=1S/C25H29F3N6O4S3/c1-32-20(25(26,27)28)14-17(31-32)19-7-8-22(40-19)41(37,38)33-10-11-34(21(35)15-33)18(13-16-5-3-2-4-6-16)23(36)30-24-29-9-12-39-24/h7-9,12,14,16,18H,2-6,10-11,13,15H2,1H3,(H,29,30,36). The third kappa shape index (κ3) is 6.49. The van der Waals surface area contributed by atoms with Crippen molar-refractivity contribution in [1.82, 2.24) is 24.0 Å². The number of sulfonamides is 1. The van der Waals surface area contributed by atoms with Crippen molar-refractivity contribution in [3.05, 3.63) is 35.5 Å². The van der Waals surface area contributed by atoms with Gasteiger partial charge in [0, 0.05) is 31.7 Å². The molecule has 1 unspecified atom stereocenters. The van der Waals surface area contributed by atoms with Gasteiger partial charge in [-0.2, -0.15) is 22.6 Å². The smallest absolute Gasteiger partial charge is 0.328 e. The van der Waals surface area contributed by atoms with Crippen LogP contribution in [-0.4, -0.2) is 69.9 Å². The quantitative estimate of drug-likeness (QED) is 0.394. The van der Waals surface area contributed by atoms with Crippen LogP contribution in [0.5, 0.6) is 0 Å². The lowest BCUT2D eigenvalue weighted by molar-refractivity contribution is -0.143. The average Bonchev–Trinajstić information content (AvgIpc) is 3.69. The fourth-order valence-electron chi connectivity index (χ4n) is 5.36. The number of anilines is 1. The first-order valence-electron chi connectivity index (χ1n) is 13.1. The van der Waals surface area contributed by atoms with Crippen molar-refractivity contribution in [1.29, 1.82) is 0 Å². The van der Waals surface area contributed by atoms with E-state index in [9.17, 15) is 31.2 Å². The van der Waals surface area contributed by atoms with Crippen LogP contribution >= 0.6 is 22.7 Å². The fraction of sp³-hybridized carbons (Fsp3) is 0.520. The summed E-state index contributed by atoms with van der Waals surface area (Å²) in [5.41, 5.74) is -0.947. The number of thiophene rings is 1. The first-order chi connectivity index (χ1) is 19.4. The molecule has 0 bridgehead atoms. The molecule has 1 N–H and O–H groups in total. The Morgan fingerprint density at radius 2 is 1.95 bits per heavy atom. The van der Waals surface area contributed by atoms with Crippen LogP contribution in [0.15, 0.2) is 34.0 Å². The van der Waals surface area contributed by atoms with Gasteiger partial charge in [-0.1, -0.05) is 32.1 Å². The zero-order valence-electron chi connectivity index (χ0n) is 22.1. The topological polar surface area (TPSA) is 118 Å². The fourth-order valence-corrected chi connectivity index (χ4v) is 8.69. The number of carbonyl (C=O) groups excluding carboxylic acids is 2. The molecule has 1 aliphatic heterocycles. The van der Waals surface area contributed by atoms with Crippen LogP contribution in [0.1, 0.15) is 44.2 Å². The van der Waals surface area contributed by atoms with E-state index in [0.29, 0.717) is 22.2 Å². The van der Waals surface area contributed by atoms with Crippen LogP contribution in [0.2, 0.25) is 0 Å². The summed E-state index contributed by atoms with van der Waals surface area (Å²) in [6.45, 7) is -0.425. The number of hydrogen-bond donors (Lipinski definition) is 1. The number of carbonyl (C=O) groups is 2. The summed E-state index contributed by atoms with van der Waals surface area (Å²) in [4.78, 5) is 32.5. The predicted molar refractivity (Wildman–Crippen MR) is 148 cm³/mol. The molecule has 2 fully saturated rings. The van der Waals surface area contributed by atoms with Gasteiger partial charge in [-0.05, 0) is 30.5 Å². The third-order valence-corrected chi connectivity index (χ3v) is 11.6. The van der Waals surface area contributed by atoms with E-state index >= 15 is 0 Å². The molecule has 1 aliphatic carbocycles. The van der Waals surface area contributed by atoms with E-state index in [-0.39, 0.29) is 33.8 Å². The molecule has 5 rings (SSSR count). The molecule has 0 radical (unpaired) electrons. The van der Waals surface area contributed by atoms with Crippen molar-refractivity contribution in [3.63, 3.8) is 0 Å². The Morgan fingerprint density at radius 1 is 1.20 bits per heavy atom. The van der Waals surface area contributed by atoms with Gasteiger partial charge in [0.1, 0.15) is 21.6 Å². The number of alkyl halides is 3.